The van der Waals surface area contributed by atoms with Crippen molar-refractivity contribution in [2.45, 2.75) is 11.3 Å². The summed E-state index contributed by atoms with van der Waals surface area (Å²) < 4.78 is 31.8. The molecule has 2 rings (SSSR count). The first-order chi connectivity index (χ1) is 9.62. The fourth-order valence-corrected chi connectivity index (χ4v) is 3.07. The Morgan fingerprint density at radius 1 is 1.30 bits per heavy atom. The van der Waals surface area contributed by atoms with E-state index < -0.39 is 10.0 Å². The van der Waals surface area contributed by atoms with E-state index >= 15 is 0 Å². The molecule has 0 aliphatic carbocycles. The molecule has 0 atom stereocenters. The lowest BCUT2D eigenvalue weighted by Gasteiger charge is -2.07. The molecule has 20 heavy (non-hydrogen) atoms. The van der Waals surface area contributed by atoms with Gasteiger partial charge in [-0.1, -0.05) is 11.3 Å². The van der Waals surface area contributed by atoms with Crippen molar-refractivity contribution in [3.63, 3.8) is 0 Å². The summed E-state index contributed by atoms with van der Waals surface area (Å²) in [6, 6.07) is 6.15. The van der Waals surface area contributed by atoms with Gasteiger partial charge in [0.2, 0.25) is 5.13 Å². The maximum atomic E-state index is 12.0. The first kappa shape index (κ1) is 14.7. The molecule has 1 aromatic carbocycles. The third kappa shape index (κ3) is 3.89. The first-order valence-corrected chi connectivity index (χ1v) is 8.20. The number of nitrogens with zero attached hydrogens (tertiary/aromatic N) is 2. The van der Waals surface area contributed by atoms with Crippen LogP contribution in [-0.2, 0) is 10.0 Å². The summed E-state index contributed by atoms with van der Waals surface area (Å²) >= 11 is 1.11. The summed E-state index contributed by atoms with van der Waals surface area (Å²) in [7, 11) is -3.64. The van der Waals surface area contributed by atoms with Crippen molar-refractivity contribution in [3.05, 3.63) is 29.8 Å². The molecular formula is C11H14N4O3S2. The smallest absolute Gasteiger partial charge is 0.263 e. The van der Waals surface area contributed by atoms with E-state index in [1.165, 1.54) is 17.6 Å². The quantitative estimate of drug-likeness (QED) is 0.740. The number of rotatable bonds is 7. The Balaban J connectivity index is 2.05. The van der Waals surface area contributed by atoms with Crippen molar-refractivity contribution in [3.8, 4) is 5.75 Å². The Labute approximate surface area is 120 Å². The largest absolute Gasteiger partial charge is 0.494 e. The molecule has 0 bridgehead atoms. The van der Waals surface area contributed by atoms with E-state index in [0.717, 1.165) is 17.8 Å². The van der Waals surface area contributed by atoms with Crippen molar-refractivity contribution in [1.82, 2.24) is 10.2 Å². The van der Waals surface area contributed by atoms with Gasteiger partial charge in [-0.25, -0.2) is 8.42 Å². The van der Waals surface area contributed by atoms with Crippen LogP contribution >= 0.6 is 11.3 Å². The highest BCUT2D eigenvalue weighted by atomic mass is 32.2. The first-order valence-electron chi connectivity index (χ1n) is 5.84. The number of hydrogen-bond donors (Lipinski definition) is 2. The van der Waals surface area contributed by atoms with Gasteiger partial charge in [-0.15, -0.1) is 10.2 Å². The van der Waals surface area contributed by atoms with Crippen molar-refractivity contribution in [2.24, 2.45) is 5.73 Å². The van der Waals surface area contributed by atoms with Gasteiger partial charge in [0.25, 0.3) is 10.0 Å². The average Bonchev–Trinajstić information content (AvgIpc) is 2.92. The number of ether oxygens (including phenoxy) is 1. The van der Waals surface area contributed by atoms with E-state index in [2.05, 4.69) is 14.9 Å². The topological polar surface area (TPSA) is 107 Å². The third-order valence-corrected chi connectivity index (χ3v) is 4.42. The molecule has 7 nitrogen and oxygen atoms in total. The molecule has 0 saturated heterocycles. The van der Waals surface area contributed by atoms with E-state index in [9.17, 15) is 8.42 Å². The normalized spacial score (nSPS) is 11.2. The molecule has 1 heterocycles. The Hall–Kier alpha value is -1.71. The Bertz CT molecular complexity index is 626. The highest BCUT2D eigenvalue weighted by Gasteiger charge is 2.15. The average molecular weight is 314 g/mol. The van der Waals surface area contributed by atoms with Gasteiger partial charge in [0.05, 0.1) is 11.5 Å². The minimum atomic E-state index is -3.64. The summed E-state index contributed by atoms with van der Waals surface area (Å²) in [4.78, 5) is 0.138. The van der Waals surface area contributed by atoms with E-state index in [1.54, 1.807) is 12.1 Å². The molecule has 9 heteroatoms. The van der Waals surface area contributed by atoms with Crippen LogP contribution in [0.15, 0.2) is 34.7 Å². The van der Waals surface area contributed by atoms with Crippen LogP contribution < -0.4 is 15.2 Å². The summed E-state index contributed by atoms with van der Waals surface area (Å²) in [5, 5.41) is 7.43. The van der Waals surface area contributed by atoms with Gasteiger partial charge in [0, 0.05) is 0 Å². The van der Waals surface area contributed by atoms with Crippen LogP contribution in [0.2, 0.25) is 0 Å². The number of nitrogens with two attached hydrogens (primary N) is 1. The van der Waals surface area contributed by atoms with Gasteiger partial charge in [0.1, 0.15) is 11.3 Å². The second-order valence-corrected chi connectivity index (χ2v) is 6.33. The predicted molar refractivity (Wildman–Crippen MR) is 76.3 cm³/mol. The van der Waals surface area contributed by atoms with Crippen LogP contribution in [0.4, 0.5) is 5.13 Å². The molecule has 0 spiro atoms. The van der Waals surface area contributed by atoms with Crippen molar-refractivity contribution in [1.29, 1.82) is 0 Å². The SMILES string of the molecule is NCCCOc1ccc(S(=O)(=O)Nc2nncs2)cc1. The van der Waals surface area contributed by atoms with Crippen molar-refractivity contribution < 1.29 is 13.2 Å². The monoisotopic (exact) mass is 314 g/mol. The number of benzene rings is 1. The van der Waals surface area contributed by atoms with Crippen LogP contribution in [0.3, 0.4) is 0 Å². The molecule has 0 saturated carbocycles. The third-order valence-electron chi connectivity index (χ3n) is 2.33. The van der Waals surface area contributed by atoms with Crippen LogP contribution in [0.1, 0.15) is 6.42 Å². The number of anilines is 1. The summed E-state index contributed by atoms with van der Waals surface area (Å²) in [5.41, 5.74) is 6.81. The molecule has 0 amide bonds. The molecule has 0 aliphatic heterocycles. The Morgan fingerprint density at radius 3 is 2.65 bits per heavy atom. The fraction of sp³-hybridized carbons (Fsp3) is 0.273. The lowest BCUT2D eigenvalue weighted by Crippen LogP contribution is -2.12. The van der Waals surface area contributed by atoms with Gasteiger partial charge < -0.3 is 10.5 Å². The number of sulfonamides is 1. The second kappa shape index (κ2) is 6.64. The van der Waals surface area contributed by atoms with E-state index in [4.69, 9.17) is 10.5 Å². The van der Waals surface area contributed by atoms with Crippen LogP contribution in [0.5, 0.6) is 5.75 Å². The second-order valence-electron chi connectivity index (χ2n) is 3.81. The van der Waals surface area contributed by atoms with Crippen LogP contribution in [-0.4, -0.2) is 31.8 Å². The molecule has 2 aromatic rings. The zero-order chi connectivity index (χ0) is 14.4. The molecule has 0 aliphatic rings. The molecule has 0 radical (unpaired) electrons. The summed E-state index contributed by atoms with van der Waals surface area (Å²) in [5.74, 6) is 0.605. The van der Waals surface area contributed by atoms with Crippen molar-refractivity contribution in [2.75, 3.05) is 17.9 Å². The molecule has 108 valence electrons. The zero-order valence-electron chi connectivity index (χ0n) is 10.5. The van der Waals surface area contributed by atoms with Gasteiger partial charge in [-0.2, -0.15) is 0 Å². The van der Waals surface area contributed by atoms with E-state index in [0.29, 0.717) is 18.9 Å². The molecular weight excluding hydrogens is 300 g/mol. The number of aromatic nitrogens is 2. The summed E-state index contributed by atoms with van der Waals surface area (Å²) in [6.45, 7) is 1.06. The van der Waals surface area contributed by atoms with Gasteiger partial charge in [0.15, 0.2) is 0 Å². The van der Waals surface area contributed by atoms with E-state index in [-0.39, 0.29) is 10.0 Å². The maximum absolute atomic E-state index is 12.0. The van der Waals surface area contributed by atoms with Gasteiger partial charge in [-0.05, 0) is 37.2 Å². The van der Waals surface area contributed by atoms with Crippen molar-refractivity contribution >= 4 is 26.5 Å². The molecule has 3 N–H and O–H groups in total. The minimum absolute atomic E-state index is 0.138. The minimum Gasteiger partial charge on any atom is -0.494 e. The van der Waals surface area contributed by atoms with E-state index in [1.807, 2.05) is 0 Å². The standard InChI is InChI=1S/C11H14N4O3S2/c12-6-1-7-18-9-2-4-10(5-3-9)20(16,17)15-11-14-13-8-19-11/h2-5,8H,1,6-7,12H2,(H,14,15). The lowest BCUT2D eigenvalue weighted by molar-refractivity contribution is 0.313. The molecule has 0 fully saturated rings. The Morgan fingerprint density at radius 2 is 2.05 bits per heavy atom. The van der Waals surface area contributed by atoms with Crippen LogP contribution in [0.25, 0.3) is 0 Å². The molecule has 1 aromatic heterocycles. The number of nitrogens with one attached hydrogen (secondary N) is 1. The van der Waals surface area contributed by atoms with Crippen LogP contribution in [0, 0.1) is 0 Å². The lowest BCUT2D eigenvalue weighted by atomic mass is 10.3. The van der Waals surface area contributed by atoms with Gasteiger partial charge in [-0.3, -0.25) is 4.72 Å². The molecule has 0 unspecified atom stereocenters. The number of hydrogen-bond acceptors (Lipinski definition) is 7. The highest BCUT2D eigenvalue weighted by molar-refractivity contribution is 7.93. The fourth-order valence-electron chi connectivity index (χ4n) is 1.38. The summed E-state index contributed by atoms with van der Waals surface area (Å²) in [6.07, 6.45) is 0.749. The zero-order valence-corrected chi connectivity index (χ0v) is 12.2. The van der Waals surface area contributed by atoms with Gasteiger partial charge >= 0.3 is 0 Å². The Kier molecular flexibility index (Phi) is 4.88. The predicted octanol–water partition coefficient (Wildman–Crippen LogP) is 1.07. The highest BCUT2D eigenvalue weighted by Crippen LogP contribution is 2.19. The maximum Gasteiger partial charge on any atom is 0.263 e.